The standard InChI is InChI=1S/C30H32BrCl2N3O4S/c1-41(39,40)36(25-14-15-26(32)27(33)18-25)20-29(37)35(19-22-10-7-11-23(31)16-22)28(17-21-8-3-2-4-9-21)30(38)34-24-12-5-6-13-24/h2-4,7-11,14-16,18,24,28H,5-6,12-13,17,19-20H2,1H3,(H,34,38)/t28-/m1/s1. The molecule has 3 aromatic rings. The summed E-state index contributed by atoms with van der Waals surface area (Å²) in [5.74, 6) is -0.784. The van der Waals surface area contributed by atoms with Gasteiger partial charge in [-0.2, -0.15) is 0 Å². The number of nitrogens with one attached hydrogen (secondary N) is 1. The lowest BCUT2D eigenvalue weighted by atomic mass is 10.0. The van der Waals surface area contributed by atoms with Gasteiger partial charge in [-0.05, 0) is 54.3 Å². The number of sulfonamides is 1. The molecule has 11 heteroatoms. The fourth-order valence-electron chi connectivity index (χ4n) is 5.01. The van der Waals surface area contributed by atoms with E-state index in [4.69, 9.17) is 23.2 Å². The third kappa shape index (κ3) is 8.70. The molecule has 0 bridgehead atoms. The van der Waals surface area contributed by atoms with E-state index in [0.29, 0.717) is 0 Å². The van der Waals surface area contributed by atoms with Crippen LogP contribution in [0.25, 0.3) is 0 Å². The van der Waals surface area contributed by atoms with Crippen molar-refractivity contribution in [3.63, 3.8) is 0 Å². The molecular formula is C30H32BrCl2N3O4S. The van der Waals surface area contributed by atoms with Crippen LogP contribution in [0.2, 0.25) is 10.0 Å². The first-order valence-corrected chi connectivity index (χ1v) is 16.7. The summed E-state index contributed by atoms with van der Waals surface area (Å²) in [6, 6.07) is 20.5. The van der Waals surface area contributed by atoms with Crippen LogP contribution in [0.5, 0.6) is 0 Å². The van der Waals surface area contributed by atoms with Gasteiger partial charge in [0.25, 0.3) is 0 Å². The van der Waals surface area contributed by atoms with Crippen molar-refractivity contribution in [1.82, 2.24) is 10.2 Å². The topological polar surface area (TPSA) is 86.8 Å². The molecule has 0 radical (unpaired) electrons. The second-order valence-electron chi connectivity index (χ2n) is 10.2. The predicted molar refractivity (Wildman–Crippen MR) is 168 cm³/mol. The van der Waals surface area contributed by atoms with Crippen LogP contribution in [0.4, 0.5) is 5.69 Å². The molecule has 1 aliphatic carbocycles. The summed E-state index contributed by atoms with van der Waals surface area (Å²) in [7, 11) is -3.90. The molecule has 1 saturated carbocycles. The van der Waals surface area contributed by atoms with Gasteiger partial charge in [-0.3, -0.25) is 13.9 Å². The van der Waals surface area contributed by atoms with Crippen LogP contribution in [-0.4, -0.2) is 50.0 Å². The first-order valence-electron chi connectivity index (χ1n) is 13.3. The molecule has 0 saturated heterocycles. The van der Waals surface area contributed by atoms with Crippen molar-refractivity contribution in [1.29, 1.82) is 0 Å². The lowest BCUT2D eigenvalue weighted by Gasteiger charge is -2.34. The lowest BCUT2D eigenvalue weighted by Crippen LogP contribution is -2.54. The number of rotatable bonds is 11. The van der Waals surface area contributed by atoms with Gasteiger partial charge >= 0.3 is 0 Å². The molecule has 0 aliphatic heterocycles. The zero-order valence-electron chi connectivity index (χ0n) is 22.6. The number of nitrogens with zero attached hydrogens (tertiary/aromatic N) is 2. The van der Waals surface area contributed by atoms with Gasteiger partial charge in [0, 0.05) is 23.5 Å². The number of anilines is 1. The normalized spacial score (nSPS) is 14.4. The minimum Gasteiger partial charge on any atom is -0.352 e. The third-order valence-corrected chi connectivity index (χ3v) is 9.46. The summed E-state index contributed by atoms with van der Waals surface area (Å²) >= 11 is 15.7. The van der Waals surface area contributed by atoms with E-state index < -0.39 is 28.5 Å². The van der Waals surface area contributed by atoms with Crippen LogP contribution in [0.1, 0.15) is 36.8 Å². The van der Waals surface area contributed by atoms with Crippen molar-refractivity contribution in [2.24, 2.45) is 0 Å². The van der Waals surface area contributed by atoms with E-state index in [9.17, 15) is 18.0 Å². The van der Waals surface area contributed by atoms with Crippen LogP contribution >= 0.6 is 39.1 Å². The van der Waals surface area contributed by atoms with Gasteiger partial charge in [0.15, 0.2) is 0 Å². The number of carbonyl (C=O) groups is 2. The van der Waals surface area contributed by atoms with E-state index in [1.807, 2.05) is 54.6 Å². The molecule has 41 heavy (non-hydrogen) atoms. The van der Waals surface area contributed by atoms with Crippen LogP contribution in [0.15, 0.2) is 77.3 Å². The summed E-state index contributed by atoms with van der Waals surface area (Å²) in [4.78, 5) is 29.5. The van der Waals surface area contributed by atoms with E-state index in [2.05, 4.69) is 21.2 Å². The predicted octanol–water partition coefficient (Wildman–Crippen LogP) is 6.22. The Morgan fingerprint density at radius 3 is 2.27 bits per heavy atom. The largest absolute Gasteiger partial charge is 0.352 e. The molecule has 0 heterocycles. The monoisotopic (exact) mass is 679 g/mol. The maximum atomic E-state index is 14.2. The minimum atomic E-state index is -3.90. The van der Waals surface area contributed by atoms with E-state index in [1.165, 1.54) is 23.1 Å². The average Bonchev–Trinajstić information content (AvgIpc) is 3.44. The number of halogens is 3. The highest BCUT2D eigenvalue weighted by atomic mass is 79.9. The smallest absolute Gasteiger partial charge is 0.244 e. The second-order valence-corrected chi connectivity index (χ2v) is 13.9. The van der Waals surface area contributed by atoms with Crippen molar-refractivity contribution in [3.05, 3.63) is 98.4 Å². The van der Waals surface area contributed by atoms with Crippen molar-refractivity contribution < 1.29 is 18.0 Å². The van der Waals surface area contributed by atoms with Crippen molar-refractivity contribution in [3.8, 4) is 0 Å². The van der Waals surface area contributed by atoms with Gasteiger partial charge < -0.3 is 10.2 Å². The van der Waals surface area contributed by atoms with E-state index in [0.717, 1.165) is 51.8 Å². The van der Waals surface area contributed by atoms with Gasteiger partial charge in [0.05, 0.1) is 22.0 Å². The summed E-state index contributed by atoms with van der Waals surface area (Å²) in [6.45, 7) is -0.417. The second kappa shape index (κ2) is 14.1. The van der Waals surface area contributed by atoms with Crippen molar-refractivity contribution >= 4 is 66.7 Å². The molecule has 0 spiro atoms. The van der Waals surface area contributed by atoms with Gasteiger partial charge in [-0.15, -0.1) is 0 Å². The van der Waals surface area contributed by atoms with Crippen molar-refractivity contribution in [2.75, 3.05) is 17.1 Å². The molecule has 1 N–H and O–H groups in total. The first-order chi connectivity index (χ1) is 19.5. The molecule has 7 nitrogen and oxygen atoms in total. The van der Waals surface area contributed by atoms with Crippen LogP contribution in [0.3, 0.4) is 0 Å². The fraction of sp³-hybridized carbons (Fsp3) is 0.333. The molecule has 1 fully saturated rings. The SMILES string of the molecule is CS(=O)(=O)N(CC(=O)N(Cc1cccc(Br)c1)[C@H](Cc1ccccc1)C(=O)NC1CCCC1)c1ccc(Cl)c(Cl)c1. The molecule has 0 unspecified atom stereocenters. The Labute approximate surface area is 260 Å². The lowest BCUT2D eigenvalue weighted by molar-refractivity contribution is -0.140. The summed E-state index contributed by atoms with van der Waals surface area (Å²) in [5, 5.41) is 3.58. The zero-order valence-corrected chi connectivity index (χ0v) is 26.5. The number of amides is 2. The molecule has 2 amide bonds. The Balaban J connectivity index is 1.73. The van der Waals surface area contributed by atoms with E-state index >= 15 is 0 Å². The van der Waals surface area contributed by atoms with Crippen molar-refractivity contribution in [2.45, 2.75) is 50.7 Å². The Hall–Kier alpha value is -2.59. The number of hydrogen-bond donors (Lipinski definition) is 1. The number of carbonyl (C=O) groups excluding carboxylic acids is 2. The highest BCUT2D eigenvalue weighted by Crippen LogP contribution is 2.29. The maximum absolute atomic E-state index is 14.2. The van der Waals surface area contributed by atoms with Crippen LogP contribution in [-0.2, 0) is 32.6 Å². The highest BCUT2D eigenvalue weighted by molar-refractivity contribution is 9.10. The molecule has 0 aromatic heterocycles. The van der Waals surface area contributed by atoms with Gasteiger partial charge in [-0.25, -0.2) is 8.42 Å². The Kier molecular flexibility index (Phi) is 10.7. The van der Waals surface area contributed by atoms with E-state index in [-0.39, 0.29) is 40.6 Å². The molecule has 218 valence electrons. The summed E-state index contributed by atoms with van der Waals surface area (Å²) in [5.41, 5.74) is 1.88. The first kappa shape index (κ1) is 31.3. The van der Waals surface area contributed by atoms with E-state index in [1.54, 1.807) is 0 Å². The van der Waals surface area contributed by atoms with Crippen LogP contribution < -0.4 is 9.62 Å². The molecular weight excluding hydrogens is 649 g/mol. The van der Waals surface area contributed by atoms with Crippen LogP contribution in [0, 0.1) is 0 Å². The Morgan fingerprint density at radius 2 is 1.63 bits per heavy atom. The highest BCUT2D eigenvalue weighted by Gasteiger charge is 2.34. The maximum Gasteiger partial charge on any atom is 0.244 e. The molecule has 1 aliphatic rings. The minimum absolute atomic E-state index is 0.0484. The fourth-order valence-corrected chi connectivity index (χ4v) is 6.59. The molecule has 4 rings (SSSR count). The quantitative estimate of drug-likeness (QED) is 0.261. The third-order valence-electron chi connectivity index (χ3n) is 7.08. The Morgan fingerprint density at radius 1 is 0.951 bits per heavy atom. The van der Waals surface area contributed by atoms with Gasteiger partial charge in [-0.1, -0.05) is 94.4 Å². The zero-order chi connectivity index (χ0) is 29.6. The molecule has 1 atom stereocenters. The Bertz CT molecular complexity index is 1480. The number of hydrogen-bond acceptors (Lipinski definition) is 4. The van der Waals surface area contributed by atoms with Gasteiger partial charge in [0.2, 0.25) is 21.8 Å². The summed E-state index contributed by atoms with van der Waals surface area (Å²) < 4.78 is 27.6. The van der Waals surface area contributed by atoms with Gasteiger partial charge in [0.1, 0.15) is 12.6 Å². The average molecular weight is 681 g/mol. The summed E-state index contributed by atoms with van der Waals surface area (Å²) in [6.07, 6.45) is 5.16. The number of benzene rings is 3. The molecule has 3 aromatic carbocycles.